The monoisotopic (exact) mass is 520 g/mol. The van der Waals surface area contributed by atoms with Crippen LogP contribution in [0.3, 0.4) is 0 Å². The normalized spacial score (nSPS) is 35.0. The minimum atomic E-state index is -2.31. The van der Waals surface area contributed by atoms with E-state index in [9.17, 15) is 40.9 Å². The third-order valence-corrected chi connectivity index (χ3v) is 8.01. The zero-order valence-corrected chi connectivity index (χ0v) is 21.3. The molecule has 0 unspecified atom stereocenters. The maximum absolute atomic E-state index is 11.6. The fraction of sp³-hybridized carbons (Fsp3) is 0.462. The summed E-state index contributed by atoms with van der Waals surface area (Å²) in [7, 11) is 0. The van der Waals surface area contributed by atoms with Crippen molar-refractivity contribution in [3.63, 3.8) is 0 Å². The predicted molar refractivity (Wildman–Crippen MR) is 129 cm³/mol. The lowest BCUT2D eigenvalue weighted by atomic mass is 9.61. The van der Waals surface area contributed by atoms with Gasteiger partial charge in [0.1, 0.15) is 34.6 Å². The predicted octanol–water partition coefficient (Wildman–Crippen LogP) is 2.10. The van der Waals surface area contributed by atoms with E-state index in [1.54, 1.807) is 0 Å². The molecule has 202 valence electrons. The minimum Gasteiger partial charge on any atom is -0.508 e. The zero-order chi connectivity index (χ0) is 27.9. The molecule has 1 fully saturated rings. The lowest BCUT2D eigenvalue weighted by Crippen LogP contribution is -2.83. The van der Waals surface area contributed by atoms with Crippen molar-refractivity contribution in [1.82, 2.24) is 0 Å². The van der Waals surface area contributed by atoms with Crippen LogP contribution in [0.25, 0.3) is 5.76 Å². The first-order valence-corrected chi connectivity index (χ1v) is 11.5. The molecule has 0 spiro atoms. The summed E-state index contributed by atoms with van der Waals surface area (Å²) in [5, 5.41) is 85.7. The first-order valence-electron chi connectivity index (χ1n) is 11.5. The van der Waals surface area contributed by atoms with Crippen molar-refractivity contribution in [2.45, 2.75) is 75.8 Å². The Kier molecular flexibility index (Phi) is 5.72. The van der Waals surface area contributed by atoms with E-state index in [-0.39, 0.29) is 28.4 Å². The molecular weight excluding hydrogens is 488 g/mol. The fourth-order valence-electron chi connectivity index (χ4n) is 4.86. The molecule has 1 saturated heterocycles. The van der Waals surface area contributed by atoms with Gasteiger partial charge in [-0.15, -0.1) is 0 Å². The summed E-state index contributed by atoms with van der Waals surface area (Å²) in [6.45, 7) is 8.01. The summed E-state index contributed by atoms with van der Waals surface area (Å²) in [5.74, 6) is -4.69. The summed E-state index contributed by atoms with van der Waals surface area (Å²) in [4.78, 5) is 0. The van der Waals surface area contributed by atoms with Crippen molar-refractivity contribution < 1.29 is 55.1 Å². The Morgan fingerprint density at radius 1 is 0.757 bits per heavy atom. The molecule has 0 aromatic heterocycles. The van der Waals surface area contributed by atoms with E-state index < -0.39 is 57.3 Å². The maximum atomic E-state index is 11.6. The van der Waals surface area contributed by atoms with E-state index >= 15 is 0 Å². The number of fused-ring (bicyclic) bond motifs is 1. The highest BCUT2D eigenvalue weighted by Crippen LogP contribution is 2.56. The average Bonchev–Trinajstić information content (AvgIpc) is 2.75. The van der Waals surface area contributed by atoms with E-state index in [2.05, 4.69) is 0 Å². The van der Waals surface area contributed by atoms with E-state index in [0.717, 1.165) is 18.2 Å². The summed E-state index contributed by atoms with van der Waals surface area (Å²) in [6.07, 6.45) is -1.75. The van der Waals surface area contributed by atoms with Crippen LogP contribution in [0, 0.1) is 0 Å². The van der Waals surface area contributed by atoms with Crippen LogP contribution >= 0.6 is 0 Å². The van der Waals surface area contributed by atoms with Crippen molar-refractivity contribution in [3.05, 3.63) is 47.2 Å². The number of ether oxygens (including phenoxy) is 3. The number of benzene rings is 2. The number of aliphatic hydroxyl groups excluding tert-OH is 1. The summed E-state index contributed by atoms with van der Waals surface area (Å²) < 4.78 is 18.1. The van der Waals surface area contributed by atoms with Crippen LogP contribution in [0.5, 0.6) is 28.7 Å². The third kappa shape index (κ3) is 3.61. The van der Waals surface area contributed by atoms with Gasteiger partial charge in [-0.05, 0) is 52.8 Å². The first kappa shape index (κ1) is 26.8. The molecule has 0 saturated carbocycles. The maximum Gasteiger partial charge on any atom is 0.239 e. The van der Waals surface area contributed by atoms with Crippen molar-refractivity contribution >= 4 is 5.76 Å². The van der Waals surface area contributed by atoms with E-state index in [4.69, 9.17) is 14.2 Å². The van der Waals surface area contributed by atoms with Crippen LogP contribution in [0.2, 0.25) is 0 Å². The van der Waals surface area contributed by atoms with Gasteiger partial charge in [0.25, 0.3) is 0 Å². The molecule has 0 bridgehead atoms. The Morgan fingerprint density at radius 2 is 1.38 bits per heavy atom. The molecule has 5 atom stereocenters. The van der Waals surface area contributed by atoms with E-state index in [0.29, 0.717) is 0 Å². The van der Waals surface area contributed by atoms with Crippen LogP contribution < -0.4 is 4.74 Å². The van der Waals surface area contributed by atoms with Gasteiger partial charge in [0.05, 0.1) is 11.2 Å². The first-order chi connectivity index (χ1) is 16.8. The minimum absolute atomic E-state index is 0.106. The molecule has 2 heterocycles. The quantitative estimate of drug-likeness (QED) is 0.277. The third-order valence-electron chi connectivity index (χ3n) is 8.01. The second-order valence-corrected chi connectivity index (χ2v) is 10.7. The highest BCUT2D eigenvalue weighted by atomic mass is 16.7. The SMILES string of the molecule is CC1(C)O[C@@](C)(OC2=C(c3ccc(O)c(O)c3)Oc3cc(O)cc(O)c3[C@H]2O)[C@](C)(O)[C@@](C)(O)[C@@]1(C)O. The molecule has 11 heteroatoms. The number of hydrogen-bond donors (Lipinski definition) is 8. The Hall–Kier alpha value is -3.22. The van der Waals surface area contributed by atoms with E-state index in [1.807, 2.05) is 0 Å². The van der Waals surface area contributed by atoms with Crippen LogP contribution in [0.4, 0.5) is 0 Å². The van der Waals surface area contributed by atoms with Gasteiger partial charge in [-0.25, -0.2) is 0 Å². The Bertz CT molecular complexity index is 1290. The average molecular weight is 521 g/mol. The number of aromatic hydroxyl groups is 4. The molecule has 37 heavy (non-hydrogen) atoms. The summed E-state index contributed by atoms with van der Waals surface area (Å²) in [6, 6.07) is 5.78. The molecule has 2 aliphatic heterocycles. The number of hydrogen-bond acceptors (Lipinski definition) is 11. The van der Waals surface area contributed by atoms with Gasteiger partial charge < -0.3 is 55.1 Å². The topological polar surface area (TPSA) is 190 Å². The molecule has 0 amide bonds. The van der Waals surface area contributed by atoms with E-state index in [1.165, 1.54) is 53.7 Å². The lowest BCUT2D eigenvalue weighted by molar-refractivity contribution is -0.446. The Morgan fingerprint density at radius 3 is 1.97 bits per heavy atom. The standard InChI is InChI=1S/C26H32O11/c1-22(2)23(3,32)24(4,33)25(5,34)26(6,37-22)36-21-19(31)18-16(30)10-13(27)11-17(18)35-20(21)12-7-8-14(28)15(29)9-12/h7-11,19,27-34H,1-6H3/t19-,23+,24+,25-,26-/m1/s1. The van der Waals surface area contributed by atoms with Crippen LogP contribution in [0.15, 0.2) is 36.1 Å². The van der Waals surface area contributed by atoms with Crippen molar-refractivity contribution in [2.24, 2.45) is 0 Å². The van der Waals surface area contributed by atoms with Crippen molar-refractivity contribution in [3.8, 4) is 28.7 Å². The van der Waals surface area contributed by atoms with Gasteiger partial charge in [0.2, 0.25) is 5.79 Å². The Labute approximate surface area is 213 Å². The molecule has 8 N–H and O–H groups in total. The molecule has 2 aliphatic rings. The van der Waals surface area contributed by atoms with Crippen molar-refractivity contribution in [2.75, 3.05) is 0 Å². The second-order valence-electron chi connectivity index (χ2n) is 10.7. The highest BCUT2D eigenvalue weighted by Gasteiger charge is 2.74. The number of phenolic OH excluding ortho intramolecular Hbond substituents is 4. The van der Waals surface area contributed by atoms with Crippen molar-refractivity contribution in [1.29, 1.82) is 0 Å². The molecule has 2 aromatic rings. The summed E-state index contributed by atoms with van der Waals surface area (Å²) >= 11 is 0. The smallest absolute Gasteiger partial charge is 0.239 e. The number of rotatable bonds is 3. The largest absolute Gasteiger partial charge is 0.508 e. The van der Waals surface area contributed by atoms with Crippen LogP contribution in [-0.4, -0.2) is 69.0 Å². The van der Waals surface area contributed by atoms with Crippen LogP contribution in [-0.2, 0) is 9.47 Å². The fourth-order valence-corrected chi connectivity index (χ4v) is 4.86. The van der Waals surface area contributed by atoms with Gasteiger partial charge in [-0.2, -0.15) is 0 Å². The van der Waals surface area contributed by atoms with Gasteiger partial charge in [-0.1, -0.05) is 0 Å². The number of aliphatic hydroxyl groups is 4. The molecule has 0 radical (unpaired) electrons. The van der Waals surface area contributed by atoms with Gasteiger partial charge in [0, 0.05) is 24.6 Å². The second kappa shape index (κ2) is 7.89. The molecular formula is C26H32O11. The zero-order valence-electron chi connectivity index (χ0n) is 21.3. The molecule has 0 aliphatic carbocycles. The van der Waals surface area contributed by atoms with Gasteiger partial charge in [0.15, 0.2) is 28.6 Å². The lowest BCUT2D eigenvalue weighted by Gasteiger charge is -2.64. The molecule has 4 rings (SSSR count). The van der Waals surface area contributed by atoms with Gasteiger partial charge in [-0.3, -0.25) is 0 Å². The van der Waals surface area contributed by atoms with Gasteiger partial charge >= 0.3 is 0 Å². The molecule has 11 nitrogen and oxygen atoms in total. The number of phenols is 4. The van der Waals surface area contributed by atoms with Crippen LogP contribution in [0.1, 0.15) is 58.8 Å². The summed E-state index contributed by atoms with van der Waals surface area (Å²) in [5.41, 5.74) is -8.08. The highest BCUT2D eigenvalue weighted by molar-refractivity contribution is 5.72. The Balaban J connectivity index is 1.94. The molecule has 2 aromatic carbocycles.